The molecule has 0 fully saturated rings. The molecule has 2 unspecified atom stereocenters. The van der Waals surface area contributed by atoms with E-state index in [1.165, 1.54) is 0 Å². The Bertz CT molecular complexity index is 928. The molecule has 0 amide bonds. The van der Waals surface area contributed by atoms with Crippen LogP contribution >= 0.6 is 0 Å². The molecule has 3 nitrogen and oxygen atoms in total. The van der Waals surface area contributed by atoms with Crippen LogP contribution in [0, 0.1) is 6.92 Å². The fourth-order valence-electron chi connectivity index (χ4n) is 2.88. The fourth-order valence-corrected chi connectivity index (χ4v) is 7.49. The molecule has 0 aromatic heterocycles. The summed E-state index contributed by atoms with van der Waals surface area (Å²) in [5, 5.41) is 0. The van der Waals surface area contributed by atoms with Crippen molar-refractivity contribution in [2.45, 2.75) is 24.0 Å². The Morgan fingerprint density at radius 3 is 2.29 bits per heavy atom. The van der Waals surface area contributed by atoms with Crippen molar-refractivity contribution in [1.82, 2.24) is 0 Å². The molecule has 2 aliphatic heterocycles. The summed E-state index contributed by atoms with van der Waals surface area (Å²) < 4.78 is 34.3. The number of hydrogen-bond acceptors (Lipinski definition) is 3. The van der Waals surface area contributed by atoms with Crippen molar-refractivity contribution in [1.29, 1.82) is 0 Å². The first kappa shape index (κ1) is 15.9. The van der Waals surface area contributed by atoms with Gasteiger partial charge < -0.3 is 0 Å². The van der Waals surface area contributed by atoms with Gasteiger partial charge in [0.25, 0.3) is 0 Å². The van der Waals surface area contributed by atoms with E-state index < -0.39 is 15.9 Å². The Morgan fingerprint density at radius 1 is 0.917 bits per heavy atom. The second-order valence-electron chi connectivity index (χ2n) is 5.82. The Morgan fingerprint density at radius 2 is 1.58 bits per heavy atom. The maximum atomic E-state index is 13.2. The van der Waals surface area contributed by atoms with Gasteiger partial charge in [0.2, 0.25) is 0 Å². The molecule has 2 bridgehead atoms. The monoisotopic (exact) mass is 404 g/mol. The van der Waals surface area contributed by atoms with Crippen LogP contribution in [0.2, 0.25) is 0 Å². The van der Waals surface area contributed by atoms with E-state index in [4.69, 9.17) is 4.74 Å². The summed E-state index contributed by atoms with van der Waals surface area (Å²) >= 11 is -0.0709. The zero-order chi connectivity index (χ0) is 16.7. The molecule has 24 heavy (non-hydrogen) atoms. The SMILES string of the molecule is Cc1ccc(S(=O)(=O)C2=C([Se]c3ccccc3)C3C=CC2O3)cc1. The Hall–Kier alpha value is -1.65. The molecular formula is C19H16O3SSe. The van der Waals surface area contributed by atoms with Gasteiger partial charge in [-0.1, -0.05) is 0 Å². The standard InChI is InChI=1S/C19H16O3SSe/c1-13-7-9-14(10-8-13)23(20,21)18-16-11-12-17(22-16)19(18)24-15-5-3-2-4-6-15/h2-12,16-17H,1H3. The van der Waals surface area contributed by atoms with Crippen LogP contribution in [0.5, 0.6) is 0 Å². The van der Waals surface area contributed by atoms with Gasteiger partial charge in [0, 0.05) is 0 Å². The number of ether oxygens (including phenoxy) is 1. The molecule has 0 N–H and O–H groups in total. The summed E-state index contributed by atoms with van der Waals surface area (Å²) in [6, 6.07) is 17.0. The van der Waals surface area contributed by atoms with Gasteiger partial charge in [-0.05, 0) is 0 Å². The number of aryl methyl sites for hydroxylation is 1. The van der Waals surface area contributed by atoms with Gasteiger partial charge in [-0.25, -0.2) is 0 Å². The van der Waals surface area contributed by atoms with E-state index in [2.05, 4.69) is 0 Å². The van der Waals surface area contributed by atoms with Gasteiger partial charge in [0.1, 0.15) is 0 Å². The molecule has 2 atom stereocenters. The van der Waals surface area contributed by atoms with Gasteiger partial charge >= 0.3 is 148 Å². The van der Waals surface area contributed by atoms with Crippen LogP contribution in [0.4, 0.5) is 0 Å². The molecular weight excluding hydrogens is 387 g/mol. The molecule has 0 spiro atoms. The van der Waals surface area contributed by atoms with Gasteiger partial charge in [-0.15, -0.1) is 0 Å². The summed E-state index contributed by atoms with van der Waals surface area (Å²) in [5.41, 5.74) is 1.04. The van der Waals surface area contributed by atoms with E-state index >= 15 is 0 Å². The van der Waals surface area contributed by atoms with Crippen molar-refractivity contribution in [3.63, 3.8) is 0 Å². The first-order valence-corrected chi connectivity index (χ1v) is 10.9. The Labute approximate surface area is 148 Å². The summed E-state index contributed by atoms with van der Waals surface area (Å²) in [7, 11) is -3.54. The third-order valence-electron chi connectivity index (χ3n) is 4.11. The first-order valence-electron chi connectivity index (χ1n) is 7.68. The van der Waals surface area contributed by atoms with E-state index in [-0.39, 0.29) is 21.1 Å². The zero-order valence-electron chi connectivity index (χ0n) is 13.0. The molecule has 2 aliphatic rings. The minimum atomic E-state index is -3.54. The zero-order valence-corrected chi connectivity index (χ0v) is 15.6. The van der Waals surface area contributed by atoms with Crippen LogP contribution in [-0.4, -0.2) is 35.6 Å². The van der Waals surface area contributed by atoms with Crippen molar-refractivity contribution in [3.8, 4) is 0 Å². The van der Waals surface area contributed by atoms with E-state index in [0.29, 0.717) is 9.80 Å². The second kappa shape index (κ2) is 6.01. The summed E-state index contributed by atoms with van der Waals surface area (Å²) in [4.78, 5) is 0.789. The van der Waals surface area contributed by atoms with Crippen LogP contribution in [-0.2, 0) is 14.6 Å². The molecule has 0 saturated carbocycles. The van der Waals surface area contributed by atoms with Gasteiger partial charge in [-0.3, -0.25) is 0 Å². The van der Waals surface area contributed by atoms with Crippen molar-refractivity contribution >= 4 is 29.3 Å². The number of hydrogen-bond donors (Lipinski definition) is 0. The van der Waals surface area contributed by atoms with Crippen molar-refractivity contribution in [3.05, 3.63) is 81.7 Å². The molecule has 4 rings (SSSR count). The van der Waals surface area contributed by atoms with E-state index in [9.17, 15) is 8.42 Å². The first-order chi connectivity index (χ1) is 11.6. The van der Waals surface area contributed by atoms with Crippen LogP contribution in [0.15, 0.2) is 81.0 Å². The van der Waals surface area contributed by atoms with Crippen molar-refractivity contribution in [2.24, 2.45) is 0 Å². The molecule has 2 heterocycles. The van der Waals surface area contributed by atoms with E-state index in [1.807, 2.05) is 61.5 Å². The molecule has 122 valence electrons. The van der Waals surface area contributed by atoms with Crippen LogP contribution in [0.25, 0.3) is 0 Å². The van der Waals surface area contributed by atoms with E-state index in [0.717, 1.165) is 14.5 Å². The number of sulfone groups is 1. The molecule has 5 heteroatoms. The summed E-state index contributed by atoms with van der Waals surface area (Å²) in [5.74, 6) is 0. The normalized spacial score (nSPS) is 22.4. The fraction of sp³-hybridized carbons (Fsp3) is 0.158. The molecule has 2 aromatic rings. The predicted octanol–water partition coefficient (Wildman–Crippen LogP) is 2.35. The van der Waals surface area contributed by atoms with Crippen LogP contribution in [0.3, 0.4) is 0 Å². The third kappa shape index (κ3) is 2.68. The van der Waals surface area contributed by atoms with Gasteiger partial charge in [-0.2, -0.15) is 0 Å². The summed E-state index contributed by atoms with van der Waals surface area (Å²) in [6.45, 7) is 1.95. The van der Waals surface area contributed by atoms with Crippen molar-refractivity contribution < 1.29 is 13.2 Å². The average molecular weight is 403 g/mol. The molecule has 0 aliphatic carbocycles. The quantitative estimate of drug-likeness (QED) is 0.582. The Balaban J connectivity index is 1.79. The summed E-state index contributed by atoms with van der Waals surface area (Å²) in [6.07, 6.45) is 3.18. The topological polar surface area (TPSA) is 43.4 Å². The molecule has 0 saturated heterocycles. The minimum absolute atomic E-state index is 0.0709. The number of rotatable bonds is 4. The average Bonchev–Trinajstić information content (AvgIpc) is 3.18. The molecule has 0 radical (unpaired) electrons. The third-order valence-corrected chi connectivity index (χ3v) is 8.80. The Kier molecular flexibility index (Phi) is 3.97. The number of fused-ring (bicyclic) bond motifs is 2. The van der Waals surface area contributed by atoms with E-state index in [1.54, 1.807) is 12.1 Å². The molecule has 2 aromatic carbocycles. The van der Waals surface area contributed by atoms with Crippen LogP contribution in [0.1, 0.15) is 5.56 Å². The number of benzene rings is 2. The maximum absolute atomic E-state index is 13.2. The predicted molar refractivity (Wildman–Crippen MR) is 95.0 cm³/mol. The second-order valence-corrected chi connectivity index (χ2v) is 10.1. The van der Waals surface area contributed by atoms with Crippen LogP contribution < -0.4 is 4.46 Å². The van der Waals surface area contributed by atoms with Crippen molar-refractivity contribution in [2.75, 3.05) is 0 Å². The van der Waals surface area contributed by atoms with Gasteiger partial charge in [0.05, 0.1) is 0 Å². The van der Waals surface area contributed by atoms with Gasteiger partial charge in [0.15, 0.2) is 0 Å².